The van der Waals surface area contributed by atoms with Crippen molar-refractivity contribution in [3.05, 3.63) is 86.4 Å². The smallest absolute Gasteiger partial charge is 0.270 e. The molecule has 2 aliphatic rings. The van der Waals surface area contributed by atoms with Gasteiger partial charge in [-0.25, -0.2) is 12.8 Å². The topological polar surface area (TPSA) is 130 Å². The van der Waals surface area contributed by atoms with Crippen molar-refractivity contribution in [1.29, 1.82) is 0 Å². The Bertz CT molecular complexity index is 1370. The standard InChI is InChI=1S/C23H22FN3O6S/c1-23(2,3)21-20(28)19(22(29)26(21)11-13-4-6-14(24)7-5-13)17-12-34(32,33)18-10-15(27(30)31)8-9-16(18)25-17/h4-10,12,21,25,28H,11H2,1-3H3/t21-/m1/s1. The highest BCUT2D eigenvalue weighted by molar-refractivity contribution is 7.94. The first-order valence-corrected chi connectivity index (χ1v) is 11.9. The number of nitrogens with zero attached hydrogens (tertiary/aromatic N) is 2. The number of anilines is 1. The van der Waals surface area contributed by atoms with E-state index in [0.717, 1.165) is 17.5 Å². The molecule has 11 heteroatoms. The van der Waals surface area contributed by atoms with E-state index >= 15 is 0 Å². The minimum atomic E-state index is -4.15. The molecule has 0 aromatic heterocycles. The minimum absolute atomic E-state index is 0.0560. The van der Waals surface area contributed by atoms with Crippen LogP contribution in [0.1, 0.15) is 26.3 Å². The highest BCUT2D eigenvalue weighted by atomic mass is 32.2. The molecule has 4 rings (SSSR count). The molecule has 0 saturated carbocycles. The Morgan fingerprint density at radius 2 is 1.82 bits per heavy atom. The number of aliphatic hydroxyl groups is 1. The van der Waals surface area contributed by atoms with Crippen LogP contribution in [-0.2, 0) is 21.2 Å². The van der Waals surface area contributed by atoms with E-state index in [4.69, 9.17) is 0 Å². The number of nitro benzene ring substituents is 1. The number of rotatable bonds is 4. The van der Waals surface area contributed by atoms with Gasteiger partial charge in [-0.05, 0) is 29.2 Å². The molecule has 9 nitrogen and oxygen atoms in total. The Morgan fingerprint density at radius 3 is 2.41 bits per heavy atom. The number of non-ortho nitro benzene ring substituents is 1. The van der Waals surface area contributed by atoms with Crippen molar-refractivity contribution >= 4 is 27.1 Å². The van der Waals surface area contributed by atoms with Gasteiger partial charge < -0.3 is 15.3 Å². The number of hydrogen-bond acceptors (Lipinski definition) is 7. The molecule has 0 bridgehead atoms. The van der Waals surface area contributed by atoms with E-state index in [1.807, 2.05) is 20.8 Å². The van der Waals surface area contributed by atoms with Crippen molar-refractivity contribution in [1.82, 2.24) is 4.90 Å². The fraction of sp³-hybridized carbons (Fsp3) is 0.261. The highest BCUT2D eigenvalue weighted by Gasteiger charge is 2.47. The quantitative estimate of drug-likeness (QED) is 0.492. The number of halogens is 1. The summed E-state index contributed by atoms with van der Waals surface area (Å²) in [5, 5.41) is 25.8. The van der Waals surface area contributed by atoms with Crippen molar-refractivity contribution in [2.24, 2.45) is 5.41 Å². The van der Waals surface area contributed by atoms with E-state index in [0.29, 0.717) is 5.56 Å². The molecule has 2 heterocycles. The third kappa shape index (κ3) is 4.03. The van der Waals surface area contributed by atoms with Crippen LogP contribution in [0.25, 0.3) is 0 Å². The summed E-state index contributed by atoms with van der Waals surface area (Å²) in [4.78, 5) is 24.9. The summed E-state index contributed by atoms with van der Waals surface area (Å²) in [6, 6.07) is 8.15. The average Bonchev–Trinajstić information content (AvgIpc) is 2.98. The zero-order valence-electron chi connectivity index (χ0n) is 18.6. The maximum absolute atomic E-state index is 13.5. The predicted molar refractivity (Wildman–Crippen MR) is 122 cm³/mol. The molecular weight excluding hydrogens is 465 g/mol. The van der Waals surface area contributed by atoms with Crippen LogP contribution in [0.5, 0.6) is 0 Å². The summed E-state index contributed by atoms with van der Waals surface area (Å²) < 4.78 is 39.1. The minimum Gasteiger partial charge on any atom is -0.509 e. The number of aliphatic hydroxyl groups excluding tert-OH is 1. The zero-order chi connectivity index (χ0) is 25.0. The fourth-order valence-corrected chi connectivity index (χ4v) is 5.54. The lowest BCUT2D eigenvalue weighted by molar-refractivity contribution is -0.385. The molecule has 2 N–H and O–H groups in total. The van der Waals surface area contributed by atoms with Crippen LogP contribution in [0.15, 0.2) is 69.8 Å². The fourth-order valence-electron chi connectivity index (χ4n) is 4.21. The largest absolute Gasteiger partial charge is 0.509 e. The molecule has 0 spiro atoms. The lowest BCUT2D eigenvalue weighted by atomic mass is 9.85. The van der Waals surface area contributed by atoms with Crippen molar-refractivity contribution in [3.63, 3.8) is 0 Å². The van der Waals surface area contributed by atoms with Gasteiger partial charge in [0.05, 0.1) is 27.8 Å². The number of nitro groups is 1. The Hall–Kier alpha value is -3.73. The Labute approximate surface area is 195 Å². The van der Waals surface area contributed by atoms with Crippen LogP contribution in [0.2, 0.25) is 0 Å². The summed E-state index contributed by atoms with van der Waals surface area (Å²) >= 11 is 0. The second-order valence-electron chi connectivity index (χ2n) is 9.23. The summed E-state index contributed by atoms with van der Waals surface area (Å²) in [7, 11) is -4.15. The van der Waals surface area contributed by atoms with Crippen molar-refractivity contribution < 1.29 is 27.6 Å². The normalized spacial score (nSPS) is 19.5. The van der Waals surface area contributed by atoms with Gasteiger partial charge in [0.25, 0.3) is 11.6 Å². The first-order chi connectivity index (χ1) is 15.8. The number of carbonyl (C=O) groups is 1. The maximum Gasteiger partial charge on any atom is 0.270 e. The van der Waals surface area contributed by atoms with E-state index in [1.165, 1.54) is 35.2 Å². The van der Waals surface area contributed by atoms with Gasteiger partial charge >= 0.3 is 0 Å². The van der Waals surface area contributed by atoms with Gasteiger partial charge in [0.1, 0.15) is 22.0 Å². The van der Waals surface area contributed by atoms with Gasteiger partial charge in [-0.1, -0.05) is 32.9 Å². The lowest BCUT2D eigenvalue weighted by Gasteiger charge is -2.35. The van der Waals surface area contributed by atoms with E-state index in [-0.39, 0.29) is 34.2 Å². The number of fused-ring (bicyclic) bond motifs is 1. The molecular formula is C23H22FN3O6S. The molecule has 2 aromatic carbocycles. The summed E-state index contributed by atoms with van der Waals surface area (Å²) in [5.74, 6) is -1.31. The maximum atomic E-state index is 13.5. The van der Waals surface area contributed by atoms with Crippen LogP contribution in [-0.4, -0.2) is 35.3 Å². The first kappa shape index (κ1) is 23.4. The predicted octanol–water partition coefficient (Wildman–Crippen LogP) is 4.04. The molecule has 1 amide bonds. The summed E-state index contributed by atoms with van der Waals surface area (Å²) in [6.45, 7) is 5.55. The van der Waals surface area contributed by atoms with Gasteiger partial charge in [0.2, 0.25) is 9.84 Å². The molecule has 1 atom stereocenters. The van der Waals surface area contributed by atoms with Crippen molar-refractivity contribution in [2.45, 2.75) is 38.3 Å². The number of carbonyl (C=O) groups excluding carboxylic acids is 1. The molecule has 0 radical (unpaired) electrons. The SMILES string of the molecule is CC(C)(C)[C@H]1C(O)=C(C2=CS(=O)(=O)c3cc([N+](=O)[O-])ccc3N2)C(=O)N1Cc1ccc(F)cc1. The van der Waals surface area contributed by atoms with Gasteiger partial charge in [-0.2, -0.15) is 0 Å². The van der Waals surface area contributed by atoms with E-state index in [9.17, 15) is 32.8 Å². The van der Waals surface area contributed by atoms with E-state index in [2.05, 4.69) is 5.32 Å². The molecule has 0 aliphatic carbocycles. The monoisotopic (exact) mass is 487 g/mol. The lowest BCUT2D eigenvalue weighted by Crippen LogP contribution is -2.43. The molecule has 0 saturated heterocycles. The second-order valence-corrected chi connectivity index (χ2v) is 11.0. The average molecular weight is 488 g/mol. The van der Waals surface area contributed by atoms with Gasteiger partial charge in [0, 0.05) is 18.7 Å². The molecule has 34 heavy (non-hydrogen) atoms. The number of hydrogen-bond donors (Lipinski definition) is 2. The van der Waals surface area contributed by atoms with Gasteiger partial charge in [-0.3, -0.25) is 14.9 Å². The van der Waals surface area contributed by atoms with E-state index in [1.54, 1.807) is 0 Å². The highest BCUT2D eigenvalue weighted by Crippen LogP contribution is 2.42. The van der Waals surface area contributed by atoms with Crippen LogP contribution in [0, 0.1) is 21.3 Å². The third-order valence-electron chi connectivity index (χ3n) is 5.68. The summed E-state index contributed by atoms with van der Waals surface area (Å²) in [5.41, 5.74) is -0.643. The zero-order valence-corrected chi connectivity index (χ0v) is 19.4. The Morgan fingerprint density at radius 1 is 1.18 bits per heavy atom. The number of amides is 1. The van der Waals surface area contributed by atoms with Gasteiger partial charge in [-0.15, -0.1) is 0 Å². The molecule has 2 aromatic rings. The third-order valence-corrected chi connectivity index (χ3v) is 7.18. The van der Waals surface area contributed by atoms with Crippen molar-refractivity contribution in [3.8, 4) is 0 Å². The Kier molecular flexibility index (Phi) is 5.47. The number of benzene rings is 2. The summed E-state index contributed by atoms with van der Waals surface area (Å²) in [6.07, 6.45) is 0. The first-order valence-electron chi connectivity index (χ1n) is 10.3. The molecule has 2 aliphatic heterocycles. The molecule has 0 fully saturated rings. The van der Waals surface area contributed by atoms with Crippen molar-refractivity contribution in [2.75, 3.05) is 5.32 Å². The molecule has 0 unspecified atom stereocenters. The van der Waals surface area contributed by atoms with Crippen LogP contribution >= 0.6 is 0 Å². The number of sulfone groups is 1. The van der Waals surface area contributed by atoms with Gasteiger partial charge in [0.15, 0.2) is 0 Å². The second kappa shape index (κ2) is 7.94. The number of nitrogens with one attached hydrogen (secondary N) is 1. The van der Waals surface area contributed by atoms with E-state index < -0.39 is 43.6 Å². The Balaban J connectivity index is 1.77. The van der Waals surface area contributed by atoms with Crippen LogP contribution in [0.3, 0.4) is 0 Å². The van der Waals surface area contributed by atoms with Crippen LogP contribution in [0.4, 0.5) is 15.8 Å². The van der Waals surface area contributed by atoms with Crippen LogP contribution < -0.4 is 5.32 Å². The molecule has 178 valence electrons.